The van der Waals surface area contributed by atoms with Gasteiger partial charge in [-0.1, -0.05) is 36.4 Å². The maximum atomic E-state index is 4.75. The molecule has 106 valence electrons. The van der Waals surface area contributed by atoms with E-state index in [-0.39, 0.29) is 0 Å². The molecule has 0 aliphatic carbocycles. The average Bonchev–Trinajstić information content (AvgIpc) is 2.92. The van der Waals surface area contributed by atoms with Crippen molar-refractivity contribution >= 4 is 26.4 Å². The van der Waals surface area contributed by atoms with Gasteiger partial charge in [0.2, 0.25) is 9.60 Å². The van der Waals surface area contributed by atoms with E-state index in [9.17, 15) is 0 Å². The third-order valence-corrected chi connectivity index (χ3v) is 4.97. The van der Waals surface area contributed by atoms with Crippen LogP contribution in [-0.4, -0.2) is 11.1 Å². The molecule has 5 heteroatoms. The van der Waals surface area contributed by atoms with E-state index in [1.54, 1.807) is 20.7 Å². The zero-order chi connectivity index (χ0) is 14.5. The number of hydrogen-bond donors (Lipinski definition) is 0. The zero-order valence-electron chi connectivity index (χ0n) is 11.6. The van der Waals surface area contributed by atoms with Gasteiger partial charge < -0.3 is 0 Å². The fourth-order valence-electron chi connectivity index (χ4n) is 1.94. The van der Waals surface area contributed by atoms with Crippen LogP contribution in [0.15, 0.2) is 70.6 Å². The molecule has 0 spiro atoms. The number of benzene rings is 2. The van der Waals surface area contributed by atoms with E-state index in [2.05, 4.69) is 21.7 Å². The van der Waals surface area contributed by atoms with E-state index in [0.29, 0.717) is 0 Å². The van der Waals surface area contributed by atoms with E-state index in [0.717, 1.165) is 27.5 Å². The summed E-state index contributed by atoms with van der Waals surface area (Å²) in [6.45, 7) is 2.82. The SMILES string of the molecule is CCN=c1ssc(=Nc2ccccc2)n1-c1ccccc1. The molecule has 3 rings (SSSR count). The summed E-state index contributed by atoms with van der Waals surface area (Å²) >= 11 is 0. The summed E-state index contributed by atoms with van der Waals surface area (Å²) in [4.78, 5) is 11.3. The lowest BCUT2D eigenvalue weighted by Crippen LogP contribution is -2.24. The minimum atomic E-state index is 0.769. The molecular formula is C16H15N3S2. The Balaban J connectivity index is 2.24. The highest BCUT2D eigenvalue weighted by atomic mass is 32.9. The van der Waals surface area contributed by atoms with E-state index in [1.807, 2.05) is 55.5 Å². The molecule has 1 aromatic heterocycles. The van der Waals surface area contributed by atoms with Gasteiger partial charge in [0, 0.05) is 6.54 Å². The van der Waals surface area contributed by atoms with Crippen LogP contribution in [0.25, 0.3) is 5.69 Å². The van der Waals surface area contributed by atoms with Crippen LogP contribution in [0.4, 0.5) is 5.69 Å². The smallest absolute Gasteiger partial charge is 0.206 e. The summed E-state index contributed by atoms with van der Waals surface area (Å²) in [5, 5.41) is 0. The first kappa shape index (κ1) is 14.0. The lowest BCUT2D eigenvalue weighted by atomic mass is 10.3. The van der Waals surface area contributed by atoms with Crippen LogP contribution in [0.5, 0.6) is 0 Å². The molecule has 0 unspecified atom stereocenters. The summed E-state index contributed by atoms with van der Waals surface area (Å²) < 4.78 is 2.12. The highest BCUT2D eigenvalue weighted by Crippen LogP contribution is 2.11. The molecule has 1 heterocycles. The maximum Gasteiger partial charge on any atom is 0.206 e. The second kappa shape index (κ2) is 6.65. The van der Waals surface area contributed by atoms with Crippen molar-refractivity contribution < 1.29 is 0 Å². The van der Waals surface area contributed by atoms with Gasteiger partial charge in [0.1, 0.15) is 0 Å². The second-order valence-corrected chi connectivity index (χ2v) is 6.39. The molecule has 21 heavy (non-hydrogen) atoms. The molecule has 3 aromatic rings. The van der Waals surface area contributed by atoms with E-state index in [1.165, 1.54) is 0 Å². The van der Waals surface area contributed by atoms with Gasteiger partial charge in [-0.15, -0.1) is 0 Å². The number of para-hydroxylation sites is 2. The van der Waals surface area contributed by atoms with Gasteiger partial charge in [0.25, 0.3) is 0 Å². The first-order valence-corrected chi connectivity index (χ1v) is 8.91. The van der Waals surface area contributed by atoms with Gasteiger partial charge in [-0.2, -0.15) is 0 Å². The molecule has 3 nitrogen and oxygen atoms in total. The van der Waals surface area contributed by atoms with Crippen LogP contribution >= 0.6 is 20.7 Å². The van der Waals surface area contributed by atoms with Gasteiger partial charge >= 0.3 is 0 Å². The second-order valence-electron chi connectivity index (χ2n) is 4.32. The van der Waals surface area contributed by atoms with Crippen LogP contribution < -0.4 is 9.60 Å². The predicted molar refractivity (Wildman–Crippen MR) is 89.3 cm³/mol. The maximum absolute atomic E-state index is 4.75. The minimum absolute atomic E-state index is 0.769. The van der Waals surface area contributed by atoms with Crippen molar-refractivity contribution in [3.05, 3.63) is 70.3 Å². The molecule has 0 radical (unpaired) electrons. The van der Waals surface area contributed by atoms with Crippen LogP contribution in [0, 0.1) is 0 Å². The predicted octanol–water partition coefficient (Wildman–Crippen LogP) is 3.75. The molecule has 0 N–H and O–H groups in total. The molecule has 0 aliphatic rings. The van der Waals surface area contributed by atoms with Gasteiger partial charge in [-0.25, -0.2) is 4.99 Å². The first-order valence-electron chi connectivity index (χ1n) is 6.76. The molecular weight excluding hydrogens is 298 g/mol. The molecule has 0 saturated carbocycles. The Morgan fingerprint density at radius 1 is 0.857 bits per heavy atom. The lowest BCUT2D eigenvalue weighted by molar-refractivity contribution is 0.909. The number of aromatic nitrogens is 1. The van der Waals surface area contributed by atoms with Crippen LogP contribution in [0.2, 0.25) is 0 Å². The largest absolute Gasteiger partial charge is 0.261 e. The highest BCUT2D eigenvalue weighted by Gasteiger charge is 2.04. The van der Waals surface area contributed by atoms with Gasteiger partial charge in [-0.3, -0.25) is 9.56 Å². The van der Waals surface area contributed by atoms with Crippen molar-refractivity contribution in [2.24, 2.45) is 9.98 Å². The molecule has 0 bridgehead atoms. The van der Waals surface area contributed by atoms with Crippen molar-refractivity contribution in [1.29, 1.82) is 0 Å². The van der Waals surface area contributed by atoms with E-state index < -0.39 is 0 Å². The standard InChI is InChI=1S/C16H15N3S2/c1-2-17-15-19(14-11-7-4-8-12-14)16(21-20-15)18-13-9-5-3-6-10-13/h3-12H,2H2,1H3. The van der Waals surface area contributed by atoms with Gasteiger partial charge in [-0.05, 0) is 51.9 Å². The molecule has 0 fully saturated rings. The quantitative estimate of drug-likeness (QED) is 0.659. The third kappa shape index (κ3) is 3.20. The fraction of sp³-hybridized carbons (Fsp3) is 0.125. The summed E-state index contributed by atoms with van der Waals surface area (Å²) in [7, 11) is 3.31. The molecule has 0 atom stereocenters. The van der Waals surface area contributed by atoms with Gasteiger partial charge in [0.15, 0.2) is 0 Å². The number of rotatable bonds is 3. The Kier molecular flexibility index (Phi) is 4.43. The van der Waals surface area contributed by atoms with Gasteiger partial charge in [0.05, 0.1) is 11.4 Å². The van der Waals surface area contributed by atoms with E-state index >= 15 is 0 Å². The third-order valence-electron chi connectivity index (χ3n) is 2.86. The summed E-state index contributed by atoms with van der Waals surface area (Å²) in [5.74, 6) is 0. The van der Waals surface area contributed by atoms with E-state index in [4.69, 9.17) is 4.99 Å². The van der Waals surface area contributed by atoms with Crippen molar-refractivity contribution in [1.82, 2.24) is 4.57 Å². The Bertz CT molecular complexity index is 827. The average molecular weight is 313 g/mol. The van der Waals surface area contributed by atoms with Crippen molar-refractivity contribution in [2.75, 3.05) is 6.54 Å². The Morgan fingerprint density at radius 2 is 1.48 bits per heavy atom. The summed E-state index contributed by atoms with van der Waals surface area (Å²) in [6, 6.07) is 20.3. The molecule has 2 aromatic carbocycles. The normalized spacial score (nSPS) is 12.8. The Labute approximate surface area is 130 Å². The highest BCUT2D eigenvalue weighted by molar-refractivity contribution is 7.67. The monoisotopic (exact) mass is 313 g/mol. The number of nitrogens with zero attached hydrogens (tertiary/aromatic N) is 3. The topological polar surface area (TPSA) is 29.6 Å². The van der Waals surface area contributed by atoms with Crippen molar-refractivity contribution in [3.8, 4) is 5.69 Å². The van der Waals surface area contributed by atoms with Crippen LogP contribution in [0.1, 0.15) is 6.92 Å². The molecule has 0 aliphatic heterocycles. The summed E-state index contributed by atoms with van der Waals surface area (Å²) in [5.41, 5.74) is 2.05. The van der Waals surface area contributed by atoms with Crippen molar-refractivity contribution in [2.45, 2.75) is 6.92 Å². The fourth-order valence-corrected chi connectivity index (χ4v) is 4.17. The van der Waals surface area contributed by atoms with Crippen LogP contribution in [-0.2, 0) is 0 Å². The van der Waals surface area contributed by atoms with Crippen LogP contribution in [0.3, 0.4) is 0 Å². The molecule has 0 amide bonds. The molecule has 0 saturated heterocycles. The Morgan fingerprint density at radius 3 is 2.14 bits per heavy atom. The lowest BCUT2D eigenvalue weighted by Gasteiger charge is -2.02. The summed E-state index contributed by atoms with van der Waals surface area (Å²) in [6.07, 6.45) is 0. The Hall–Kier alpha value is -1.98. The minimum Gasteiger partial charge on any atom is -0.261 e. The van der Waals surface area contributed by atoms with Crippen molar-refractivity contribution in [3.63, 3.8) is 0 Å². The zero-order valence-corrected chi connectivity index (χ0v) is 13.3. The number of hydrogen-bond acceptors (Lipinski definition) is 4. The first-order chi connectivity index (χ1) is 10.4.